The van der Waals surface area contributed by atoms with E-state index in [1.165, 1.54) is 24.3 Å². The Morgan fingerprint density at radius 3 is 1.93 bits per heavy atom. The summed E-state index contributed by atoms with van der Waals surface area (Å²) in [7, 11) is 0. The van der Waals surface area contributed by atoms with E-state index in [4.69, 9.17) is 92.8 Å². The molecule has 1 aliphatic heterocycles. The lowest BCUT2D eigenvalue weighted by molar-refractivity contribution is -0.384. The molecule has 2 fully saturated rings. The van der Waals surface area contributed by atoms with Gasteiger partial charge in [0.05, 0.1) is 36.9 Å². The third-order valence-electron chi connectivity index (χ3n) is 7.20. The van der Waals surface area contributed by atoms with Gasteiger partial charge in [0.25, 0.3) is 23.4 Å². The average Bonchev–Trinajstić information content (AvgIpc) is 3.31. The molecule has 0 aromatic heterocycles. The predicted octanol–water partition coefficient (Wildman–Crippen LogP) is 6.59. The van der Waals surface area contributed by atoms with Gasteiger partial charge in [-0.3, -0.25) is 29.3 Å². The second kappa shape index (κ2) is 10.1. The summed E-state index contributed by atoms with van der Waals surface area (Å²) < 4.78 is -2.22. The molecular weight excluding hydrogens is 710 g/mol. The quantitative estimate of drug-likeness (QED) is 0.109. The highest BCUT2D eigenvalue weighted by molar-refractivity contribution is 6.66. The van der Waals surface area contributed by atoms with E-state index < -0.39 is 66.6 Å². The maximum absolute atomic E-state index is 13.9. The summed E-state index contributed by atoms with van der Waals surface area (Å²) in [6.07, 6.45) is 0. The van der Waals surface area contributed by atoms with Gasteiger partial charge in [0.1, 0.15) is 16.3 Å². The zero-order chi connectivity index (χ0) is 30.4. The van der Waals surface area contributed by atoms with Crippen molar-refractivity contribution in [1.29, 1.82) is 0 Å². The van der Waals surface area contributed by atoms with Crippen LogP contribution < -0.4 is 0 Å². The number of imide groups is 1. The summed E-state index contributed by atoms with van der Waals surface area (Å²) in [5.41, 5.74) is -0.741. The second-order valence-corrected chi connectivity index (χ2v) is 13.4. The molecule has 2 aromatic carbocycles. The topological polar surface area (TPSA) is 118 Å². The van der Waals surface area contributed by atoms with Crippen molar-refractivity contribution >= 4 is 122 Å². The maximum atomic E-state index is 13.9. The number of ketones is 1. The molecule has 2 aromatic rings. The number of rotatable bonds is 6. The Hall–Kier alpha value is -1.82. The van der Waals surface area contributed by atoms with Crippen LogP contribution in [0, 0.1) is 22.0 Å². The van der Waals surface area contributed by atoms with Crippen LogP contribution in [0.2, 0.25) is 10.0 Å². The summed E-state index contributed by atoms with van der Waals surface area (Å²) in [5, 5.41) is 11.6. The Morgan fingerprint density at radius 2 is 1.41 bits per heavy atom. The molecule has 0 unspecified atom stereocenters. The Morgan fingerprint density at radius 1 is 0.854 bits per heavy atom. The van der Waals surface area contributed by atoms with Crippen LogP contribution in [0.15, 0.2) is 52.5 Å². The first kappa shape index (κ1) is 30.6. The molecule has 0 radical (unpaired) electrons. The van der Waals surface area contributed by atoms with Gasteiger partial charge in [-0.1, -0.05) is 81.7 Å². The van der Waals surface area contributed by atoms with Crippen molar-refractivity contribution in [2.24, 2.45) is 11.8 Å². The van der Waals surface area contributed by atoms with Crippen LogP contribution in [-0.2, 0) is 9.59 Å². The molecule has 214 valence electrons. The number of Topliss-reactive ketones (excluding diaryl/α,β-unsaturated/α-hetero) is 1. The summed E-state index contributed by atoms with van der Waals surface area (Å²) in [4.78, 5) is 61.1. The van der Waals surface area contributed by atoms with Crippen molar-refractivity contribution in [3.8, 4) is 0 Å². The van der Waals surface area contributed by atoms with Gasteiger partial charge < -0.3 is 0 Å². The number of carbonyl (C=O) groups is 4. The monoisotopic (exact) mass is 717 g/mol. The first-order valence-corrected chi connectivity index (χ1v) is 14.3. The number of hydrogen-bond donors (Lipinski definition) is 0. The van der Waals surface area contributed by atoms with Gasteiger partial charge in [-0.2, -0.15) is 5.01 Å². The first-order valence-electron chi connectivity index (χ1n) is 11.3. The molecule has 1 saturated carbocycles. The Bertz CT molecular complexity index is 1590. The van der Waals surface area contributed by atoms with Crippen molar-refractivity contribution in [2.75, 3.05) is 6.54 Å². The fraction of sp³-hybridized carbons (Fsp3) is 0.250. The summed E-state index contributed by atoms with van der Waals surface area (Å²) >= 11 is 51.2. The lowest BCUT2D eigenvalue weighted by Crippen LogP contribution is -2.56. The Kier molecular flexibility index (Phi) is 7.57. The van der Waals surface area contributed by atoms with Gasteiger partial charge >= 0.3 is 0 Å². The highest BCUT2D eigenvalue weighted by Crippen LogP contribution is 2.77. The van der Waals surface area contributed by atoms with Crippen LogP contribution in [0.5, 0.6) is 0 Å². The number of nitrogens with zero attached hydrogens (tertiary/aromatic N) is 3. The molecule has 0 spiro atoms. The SMILES string of the molecule is O=C(CN(C(=O)c1ccc(Cl)c(Cl)c1)N1C(=O)[C@@H]2[C@@H](C1=O)[C@@]1(Cl)C(Cl)=C(Cl)[C@@]2(Cl)C1(Cl)Cl)c1cccc([N+](=O)[O-])c1. The number of hydrogen-bond acceptors (Lipinski definition) is 6. The van der Waals surface area contributed by atoms with Crippen molar-refractivity contribution < 1.29 is 24.1 Å². The predicted molar refractivity (Wildman–Crippen MR) is 154 cm³/mol. The van der Waals surface area contributed by atoms with E-state index >= 15 is 0 Å². The molecule has 5 rings (SSSR count). The minimum absolute atomic E-state index is 0.0345. The number of nitro groups is 1. The number of nitro benzene ring substituents is 1. The molecular formula is C24H11Cl8N3O6. The Labute approximate surface area is 270 Å². The fourth-order valence-electron chi connectivity index (χ4n) is 5.25. The van der Waals surface area contributed by atoms with Crippen molar-refractivity contribution in [3.63, 3.8) is 0 Å². The average molecular weight is 721 g/mol. The summed E-state index contributed by atoms with van der Waals surface area (Å²) in [5.74, 6) is -7.25. The summed E-state index contributed by atoms with van der Waals surface area (Å²) in [6.45, 7) is -0.927. The van der Waals surface area contributed by atoms with E-state index in [0.717, 1.165) is 18.2 Å². The Balaban J connectivity index is 1.61. The molecule has 41 heavy (non-hydrogen) atoms. The molecule has 2 bridgehead atoms. The number of amides is 3. The minimum atomic E-state index is -2.22. The number of hydrazine groups is 1. The van der Waals surface area contributed by atoms with Gasteiger partial charge in [0, 0.05) is 23.3 Å². The highest BCUT2D eigenvalue weighted by Gasteiger charge is 2.88. The number of allylic oxidation sites excluding steroid dienone is 2. The van der Waals surface area contributed by atoms with Gasteiger partial charge in [-0.15, -0.1) is 23.2 Å². The van der Waals surface area contributed by atoms with E-state index in [9.17, 15) is 29.3 Å². The van der Waals surface area contributed by atoms with Crippen LogP contribution in [0.25, 0.3) is 0 Å². The molecule has 4 atom stereocenters. The zero-order valence-electron chi connectivity index (χ0n) is 19.7. The largest absolute Gasteiger partial charge is 0.292 e. The number of halogens is 8. The fourth-order valence-corrected chi connectivity index (χ4v) is 8.48. The zero-order valence-corrected chi connectivity index (χ0v) is 25.8. The highest BCUT2D eigenvalue weighted by atomic mass is 35.5. The second-order valence-electron chi connectivity index (χ2n) is 9.29. The van der Waals surface area contributed by atoms with Crippen LogP contribution in [0.1, 0.15) is 20.7 Å². The van der Waals surface area contributed by atoms with Crippen LogP contribution in [0.3, 0.4) is 0 Å². The van der Waals surface area contributed by atoms with E-state index in [0.29, 0.717) is 10.0 Å². The first-order chi connectivity index (χ1) is 19.0. The molecule has 17 heteroatoms. The van der Waals surface area contributed by atoms with Crippen molar-refractivity contribution in [3.05, 3.63) is 83.8 Å². The normalized spacial score (nSPS) is 27.9. The van der Waals surface area contributed by atoms with Gasteiger partial charge in [0.15, 0.2) is 10.1 Å². The summed E-state index contributed by atoms with van der Waals surface area (Å²) in [6, 6.07) is 8.37. The number of non-ortho nitro benzene ring substituents is 1. The van der Waals surface area contributed by atoms with Gasteiger partial charge in [-0.05, 0) is 18.2 Å². The van der Waals surface area contributed by atoms with E-state index in [1.54, 1.807) is 0 Å². The maximum Gasteiger partial charge on any atom is 0.273 e. The number of fused-ring (bicyclic) bond motifs is 5. The van der Waals surface area contributed by atoms with E-state index in [1.807, 2.05) is 0 Å². The van der Waals surface area contributed by atoms with E-state index in [2.05, 4.69) is 0 Å². The number of carbonyl (C=O) groups excluding carboxylic acids is 4. The van der Waals surface area contributed by atoms with Crippen molar-refractivity contribution in [1.82, 2.24) is 10.0 Å². The molecule has 3 amide bonds. The molecule has 2 aliphatic carbocycles. The van der Waals surface area contributed by atoms with Gasteiger partial charge in [-0.25, -0.2) is 5.01 Å². The molecule has 9 nitrogen and oxygen atoms in total. The molecule has 1 heterocycles. The number of benzene rings is 2. The lowest BCUT2D eigenvalue weighted by Gasteiger charge is -2.36. The molecule has 1 saturated heterocycles. The van der Waals surface area contributed by atoms with Crippen LogP contribution in [-0.4, -0.2) is 59.1 Å². The van der Waals surface area contributed by atoms with E-state index in [-0.39, 0.29) is 31.2 Å². The minimum Gasteiger partial charge on any atom is -0.292 e. The third kappa shape index (κ3) is 4.04. The molecule has 0 N–H and O–H groups in total. The lowest BCUT2D eigenvalue weighted by atomic mass is 9.84. The molecule has 3 aliphatic rings. The van der Waals surface area contributed by atoms with Crippen LogP contribution in [0.4, 0.5) is 5.69 Å². The number of alkyl halides is 4. The van der Waals surface area contributed by atoms with Crippen molar-refractivity contribution in [2.45, 2.75) is 14.1 Å². The third-order valence-corrected chi connectivity index (χ3v) is 12.2. The standard InChI is InChI=1S/C24H11Cl8N3O6/c25-12-5-4-10(7-13(12)26)19(37)33(8-14(36)9-2-1-3-11(6-9)35(40)41)34-20(38)15-16(21(34)39)23(30)18(28)17(27)22(15,29)24(23,31)32/h1-7,15-16H,8H2/t15-,16-,22+,23+/m0/s1. The van der Waals surface area contributed by atoms with Gasteiger partial charge in [0.2, 0.25) is 0 Å². The smallest absolute Gasteiger partial charge is 0.273 e. The van der Waals surface area contributed by atoms with Crippen LogP contribution >= 0.6 is 92.8 Å².